The first-order valence-electron chi connectivity index (χ1n) is 22.7. The SMILES string of the molecule is CC(C)(C)[C@H](c1cc(-c2cc(F)ccc2F)cn1Cc1ccccc1)N(CC[C@H](N)C(=O)NC(CNC(=O)CN1C(=O)C=CC1=O)C(=O)NCCOCCOCCOCCOCCC(=O)O)C(=O)CO. The van der Waals surface area contributed by atoms with Crippen molar-refractivity contribution in [1.82, 2.24) is 30.3 Å². The number of nitrogens with zero attached hydrogens (tertiary/aromatic N) is 3. The number of hydrogen-bond donors (Lipinski definition) is 6. The largest absolute Gasteiger partial charge is 0.481 e. The van der Waals surface area contributed by atoms with Gasteiger partial charge in [0.2, 0.25) is 23.6 Å². The van der Waals surface area contributed by atoms with Gasteiger partial charge >= 0.3 is 5.97 Å². The van der Waals surface area contributed by atoms with Gasteiger partial charge in [-0.3, -0.25) is 38.5 Å². The van der Waals surface area contributed by atoms with E-state index in [0.717, 1.165) is 35.9 Å². The highest BCUT2D eigenvalue weighted by atomic mass is 19.1. The van der Waals surface area contributed by atoms with Gasteiger partial charge in [0.25, 0.3) is 11.8 Å². The number of carboxylic acids is 1. The van der Waals surface area contributed by atoms with Crippen molar-refractivity contribution in [3.8, 4) is 11.1 Å². The number of carbonyl (C=O) groups excluding carboxylic acids is 6. The lowest BCUT2D eigenvalue weighted by Crippen LogP contribution is -2.57. The molecule has 2 aromatic carbocycles. The van der Waals surface area contributed by atoms with Crippen LogP contribution in [0.1, 0.15) is 50.9 Å². The van der Waals surface area contributed by atoms with Crippen LogP contribution in [-0.4, -0.2) is 164 Å². The normalized spacial score (nSPS) is 13.8. The number of hydrogen-bond acceptors (Lipinski definition) is 13. The van der Waals surface area contributed by atoms with Crippen LogP contribution in [0.25, 0.3) is 11.1 Å². The van der Waals surface area contributed by atoms with E-state index >= 15 is 4.39 Å². The van der Waals surface area contributed by atoms with Gasteiger partial charge < -0.3 is 60.3 Å². The first-order chi connectivity index (χ1) is 33.4. The molecule has 4 rings (SSSR count). The number of carbonyl (C=O) groups is 7. The summed E-state index contributed by atoms with van der Waals surface area (Å²) in [6.45, 7) is 5.17. The third-order valence-corrected chi connectivity index (χ3v) is 10.7. The molecule has 2 heterocycles. The van der Waals surface area contributed by atoms with Crippen LogP contribution in [-0.2, 0) is 59.1 Å². The van der Waals surface area contributed by atoms with E-state index in [0.29, 0.717) is 16.2 Å². The van der Waals surface area contributed by atoms with Crippen LogP contribution in [0.15, 0.2) is 72.9 Å². The number of nitrogens with two attached hydrogens (primary N) is 1. The molecule has 7 N–H and O–H groups in total. The third-order valence-electron chi connectivity index (χ3n) is 10.7. The smallest absolute Gasteiger partial charge is 0.305 e. The molecular weight excluding hydrogens is 921 g/mol. The van der Waals surface area contributed by atoms with Crippen molar-refractivity contribution in [1.29, 1.82) is 0 Å². The van der Waals surface area contributed by atoms with Crippen LogP contribution in [0.3, 0.4) is 0 Å². The number of aromatic nitrogens is 1. The first kappa shape index (κ1) is 56.2. The molecule has 6 amide bonds. The summed E-state index contributed by atoms with van der Waals surface area (Å²) >= 11 is 0. The van der Waals surface area contributed by atoms with Gasteiger partial charge in [-0.1, -0.05) is 51.1 Å². The van der Waals surface area contributed by atoms with Crippen molar-refractivity contribution in [3.63, 3.8) is 0 Å². The minimum atomic E-state index is -1.42. The molecule has 0 radical (unpaired) electrons. The zero-order chi connectivity index (χ0) is 51.2. The Morgan fingerprint density at radius 3 is 2.03 bits per heavy atom. The molecule has 0 aliphatic carbocycles. The predicted octanol–water partition coefficient (Wildman–Crippen LogP) is 1.29. The van der Waals surface area contributed by atoms with E-state index in [4.69, 9.17) is 29.8 Å². The molecule has 0 fully saturated rings. The Kier molecular flexibility index (Phi) is 22.7. The topological polar surface area (TPSA) is 270 Å². The Labute approximate surface area is 404 Å². The number of ether oxygens (including phenoxy) is 4. The summed E-state index contributed by atoms with van der Waals surface area (Å²) in [5.74, 6) is -6.75. The van der Waals surface area contributed by atoms with E-state index in [1.54, 1.807) is 12.3 Å². The molecule has 22 heteroatoms. The first-order valence-corrected chi connectivity index (χ1v) is 22.7. The average molecular weight is 984 g/mol. The molecule has 70 heavy (non-hydrogen) atoms. The zero-order valence-electron chi connectivity index (χ0n) is 39.5. The van der Waals surface area contributed by atoms with Crippen LogP contribution in [0.4, 0.5) is 8.78 Å². The highest BCUT2D eigenvalue weighted by Gasteiger charge is 2.38. The molecule has 1 aliphatic heterocycles. The van der Waals surface area contributed by atoms with E-state index in [9.17, 15) is 43.1 Å². The predicted molar refractivity (Wildman–Crippen MR) is 248 cm³/mol. The van der Waals surface area contributed by atoms with Gasteiger partial charge in [-0.25, -0.2) is 8.78 Å². The Balaban J connectivity index is 1.42. The van der Waals surface area contributed by atoms with Crippen molar-refractivity contribution in [2.45, 2.75) is 58.3 Å². The standard InChI is InChI=1S/C48H63F2N7O13/c1-48(2,3)45(39-25-33(35-26-34(49)9-10-36(35)50)29-55(39)28-32-7-5-4-6-8-32)56(43(62)31-58)16-13-37(51)46(65)54-38(27-53-40(59)30-57-41(60)11-12-42(57)61)47(66)52-15-18-68-20-22-70-24-23-69-21-19-67-17-14-44(63)64/h4-12,25-26,29,37-38,45,58H,13-24,27-28,30-31,51H2,1-3H3,(H,52,66)(H,53,59)(H,54,65)(H,63,64)/t37-,38?,45-/m0/s1. The number of amides is 6. The Hall–Kier alpha value is -6.43. The molecule has 0 saturated carbocycles. The van der Waals surface area contributed by atoms with Gasteiger partial charge in [0, 0.05) is 61.3 Å². The lowest BCUT2D eigenvalue weighted by atomic mass is 9.82. The van der Waals surface area contributed by atoms with E-state index in [1.165, 1.54) is 4.90 Å². The summed E-state index contributed by atoms with van der Waals surface area (Å²) in [7, 11) is 0. The quantitative estimate of drug-likeness (QED) is 0.0392. The second kappa shape index (κ2) is 28.3. The number of rotatable bonds is 31. The summed E-state index contributed by atoms with van der Waals surface area (Å²) < 4.78 is 52.9. The van der Waals surface area contributed by atoms with Crippen molar-refractivity contribution in [2.75, 3.05) is 85.6 Å². The van der Waals surface area contributed by atoms with E-state index < -0.39 is 96.3 Å². The van der Waals surface area contributed by atoms with Gasteiger partial charge in [0.15, 0.2) is 0 Å². The van der Waals surface area contributed by atoms with Gasteiger partial charge in [-0.15, -0.1) is 0 Å². The van der Waals surface area contributed by atoms with Gasteiger partial charge in [-0.05, 0) is 41.7 Å². The molecule has 0 bridgehead atoms. The number of carboxylic acid groups (broad SMARTS) is 1. The highest BCUT2D eigenvalue weighted by molar-refractivity contribution is 6.14. The minimum absolute atomic E-state index is 0.00252. The van der Waals surface area contributed by atoms with Crippen molar-refractivity contribution < 1.29 is 71.5 Å². The van der Waals surface area contributed by atoms with Crippen molar-refractivity contribution >= 4 is 41.4 Å². The number of aliphatic hydroxyl groups is 1. The molecular formula is C48H63F2N7O13. The van der Waals surface area contributed by atoms with E-state index in [-0.39, 0.29) is 90.9 Å². The van der Waals surface area contributed by atoms with E-state index in [1.807, 2.05) is 55.7 Å². The monoisotopic (exact) mass is 983 g/mol. The molecule has 1 unspecified atom stereocenters. The van der Waals surface area contributed by atoms with Gasteiger partial charge in [0.05, 0.1) is 71.4 Å². The summed E-state index contributed by atoms with van der Waals surface area (Å²) in [5.41, 5.74) is 7.38. The Morgan fingerprint density at radius 2 is 1.43 bits per heavy atom. The fourth-order valence-corrected chi connectivity index (χ4v) is 7.29. The summed E-state index contributed by atoms with van der Waals surface area (Å²) in [4.78, 5) is 90.3. The molecule has 0 spiro atoms. The Morgan fingerprint density at radius 1 is 0.814 bits per heavy atom. The number of nitrogens with one attached hydrogen (secondary N) is 3. The maximum atomic E-state index is 15.2. The van der Waals surface area contributed by atoms with Crippen molar-refractivity contribution in [2.24, 2.45) is 11.1 Å². The second-order valence-electron chi connectivity index (χ2n) is 17.1. The lowest BCUT2D eigenvalue weighted by molar-refractivity contribution is -0.141. The van der Waals surface area contributed by atoms with Crippen LogP contribution < -0.4 is 21.7 Å². The molecule has 0 saturated heterocycles. The lowest BCUT2D eigenvalue weighted by Gasteiger charge is -2.41. The van der Waals surface area contributed by atoms with E-state index in [2.05, 4.69) is 16.0 Å². The van der Waals surface area contributed by atoms with Crippen LogP contribution >= 0.6 is 0 Å². The minimum Gasteiger partial charge on any atom is -0.481 e. The van der Waals surface area contributed by atoms with Gasteiger partial charge in [-0.2, -0.15) is 0 Å². The molecule has 3 aromatic rings. The fourth-order valence-electron chi connectivity index (χ4n) is 7.29. The second-order valence-corrected chi connectivity index (χ2v) is 17.1. The maximum absolute atomic E-state index is 15.2. The number of aliphatic carboxylic acids is 1. The van der Waals surface area contributed by atoms with Crippen molar-refractivity contribution in [3.05, 3.63) is 95.8 Å². The molecule has 3 atom stereocenters. The average Bonchev–Trinajstić information content (AvgIpc) is 3.87. The maximum Gasteiger partial charge on any atom is 0.305 e. The zero-order valence-corrected chi connectivity index (χ0v) is 39.5. The molecule has 20 nitrogen and oxygen atoms in total. The number of benzene rings is 2. The fraction of sp³-hybridized carbons (Fsp3) is 0.479. The summed E-state index contributed by atoms with van der Waals surface area (Å²) in [6.07, 6.45) is 3.40. The summed E-state index contributed by atoms with van der Waals surface area (Å²) in [6, 6.07) is 10.5. The number of imide groups is 1. The van der Waals surface area contributed by atoms with Crippen LogP contribution in [0, 0.1) is 17.0 Å². The third kappa shape index (κ3) is 18.1. The highest BCUT2D eigenvalue weighted by Crippen LogP contribution is 2.41. The molecule has 1 aromatic heterocycles. The van der Waals surface area contributed by atoms with Crippen LogP contribution in [0.5, 0.6) is 0 Å². The summed E-state index contributed by atoms with van der Waals surface area (Å²) in [5, 5.41) is 26.5. The van der Waals surface area contributed by atoms with Gasteiger partial charge in [0.1, 0.15) is 30.8 Å². The Bertz CT molecular complexity index is 2250. The number of aliphatic hydroxyl groups excluding tert-OH is 1. The van der Waals surface area contributed by atoms with Crippen LogP contribution in [0.2, 0.25) is 0 Å². The number of halogens is 2. The molecule has 1 aliphatic rings. The molecule has 382 valence electrons.